The van der Waals surface area contributed by atoms with Crippen LogP contribution < -0.4 is 5.73 Å². The van der Waals surface area contributed by atoms with Crippen LogP contribution in [-0.2, 0) is 6.42 Å². The van der Waals surface area contributed by atoms with Gasteiger partial charge in [0.25, 0.3) is 0 Å². The van der Waals surface area contributed by atoms with Crippen molar-refractivity contribution in [1.29, 1.82) is 0 Å². The third-order valence-electron chi connectivity index (χ3n) is 1.87. The maximum absolute atomic E-state index is 5.86. The molecule has 0 aromatic carbocycles. The average Bonchev–Trinajstić information content (AvgIpc) is 2.39. The smallest absolute Gasteiger partial charge is 0.0921 e. The summed E-state index contributed by atoms with van der Waals surface area (Å²) in [5.74, 6) is 0.526. The van der Waals surface area contributed by atoms with Gasteiger partial charge in [0.1, 0.15) is 0 Å². The van der Waals surface area contributed by atoms with Crippen LogP contribution in [0.25, 0.3) is 0 Å². The number of aromatic nitrogens is 2. The van der Waals surface area contributed by atoms with E-state index >= 15 is 0 Å². The molecule has 3 nitrogen and oxygen atoms in total. The minimum atomic E-state index is 0.232. The van der Waals surface area contributed by atoms with E-state index in [0.29, 0.717) is 5.92 Å². The molecule has 62 valence electrons. The highest BCUT2D eigenvalue weighted by molar-refractivity contribution is 4.97. The number of nitrogens with zero attached hydrogens (tertiary/aromatic N) is 1. The largest absolute Gasteiger partial charge is 0.348 e. The second-order valence-electron chi connectivity index (χ2n) is 3.19. The Labute approximate surface area is 67.0 Å². The molecule has 0 radical (unpaired) electrons. The van der Waals surface area contributed by atoms with E-state index in [2.05, 4.69) is 23.8 Å². The standard InChI is InChI=1S/C8H15N3/c1-6(2)8(9)3-7-4-10-5-11-7/h4-6,8H,3,9H2,1-2H3,(H,10,11)/t8-/m0/s1. The Kier molecular flexibility index (Phi) is 2.65. The molecule has 0 bridgehead atoms. The van der Waals surface area contributed by atoms with Gasteiger partial charge in [0.05, 0.1) is 6.33 Å². The molecule has 0 spiro atoms. The zero-order chi connectivity index (χ0) is 8.27. The zero-order valence-corrected chi connectivity index (χ0v) is 7.04. The molecule has 1 aromatic rings. The first-order chi connectivity index (χ1) is 5.20. The Hall–Kier alpha value is -0.830. The van der Waals surface area contributed by atoms with Crippen LogP contribution in [0.4, 0.5) is 0 Å². The molecule has 0 aliphatic heterocycles. The molecule has 1 rings (SSSR count). The average molecular weight is 153 g/mol. The molecule has 1 atom stereocenters. The molecular formula is C8H15N3. The molecule has 0 unspecified atom stereocenters. The fourth-order valence-corrected chi connectivity index (χ4v) is 0.886. The van der Waals surface area contributed by atoms with Crippen LogP contribution in [0.3, 0.4) is 0 Å². The Balaban J connectivity index is 2.43. The van der Waals surface area contributed by atoms with E-state index < -0.39 is 0 Å². The van der Waals surface area contributed by atoms with Crippen molar-refractivity contribution < 1.29 is 0 Å². The number of imidazole rings is 1. The van der Waals surface area contributed by atoms with Crippen LogP contribution in [0.1, 0.15) is 19.5 Å². The van der Waals surface area contributed by atoms with Gasteiger partial charge in [0.15, 0.2) is 0 Å². The highest BCUT2D eigenvalue weighted by atomic mass is 14.9. The summed E-state index contributed by atoms with van der Waals surface area (Å²) in [6.07, 6.45) is 4.39. The third-order valence-corrected chi connectivity index (χ3v) is 1.87. The summed E-state index contributed by atoms with van der Waals surface area (Å²) in [7, 11) is 0. The fraction of sp³-hybridized carbons (Fsp3) is 0.625. The summed E-state index contributed by atoms with van der Waals surface area (Å²) in [6.45, 7) is 4.25. The van der Waals surface area contributed by atoms with Gasteiger partial charge in [-0.1, -0.05) is 13.8 Å². The van der Waals surface area contributed by atoms with E-state index in [4.69, 9.17) is 5.73 Å². The molecule has 3 N–H and O–H groups in total. The van der Waals surface area contributed by atoms with Crippen molar-refractivity contribution in [3.8, 4) is 0 Å². The molecule has 1 aromatic heterocycles. The Bertz CT molecular complexity index is 191. The first kappa shape index (κ1) is 8.27. The van der Waals surface area contributed by atoms with Crippen molar-refractivity contribution in [1.82, 2.24) is 9.97 Å². The van der Waals surface area contributed by atoms with E-state index in [1.54, 1.807) is 6.33 Å². The molecule has 3 heteroatoms. The number of hydrogen-bond donors (Lipinski definition) is 2. The van der Waals surface area contributed by atoms with Gasteiger partial charge in [-0.05, 0) is 5.92 Å². The van der Waals surface area contributed by atoms with Gasteiger partial charge in [0.2, 0.25) is 0 Å². The molecule has 0 aliphatic rings. The van der Waals surface area contributed by atoms with Gasteiger partial charge in [-0.15, -0.1) is 0 Å². The summed E-state index contributed by atoms with van der Waals surface area (Å²) in [4.78, 5) is 6.96. The molecule has 11 heavy (non-hydrogen) atoms. The summed E-state index contributed by atoms with van der Waals surface area (Å²) in [5.41, 5.74) is 6.98. The van der Waals surface area contributed by atoms with Gasteiger partial charge in [-0.3, -0.25) is 0 Å². The monoisotopic (exact) mass is 153 g/mol. The van der Waals surface area contributed by atoms with E-state index in [-0.39, 0.29) is 6.04 Å². The predicted octanol–water partition coefficient (Wildman–Crippen LogP) is 0.936. The van der Waals surface area contributed by atoms with Crippen LogP contribution in [0, 0.1) is 5.92 Å². The molecule has 0 fully saturated rings. The first-order valence-corrected chi connectivity index (χ1v) is 3.93. The summed E-state index contributed by atoms with van der Waals surface area (Å²) >= 11 is 0. The Morgan fingerprint density at radius 1 is 1.64 bits per heavy atom. The second-order valence-corrected chi connectivity index (χ2v) is 3.19. The van der Waals surface area contributed by atoms with Crippen LogP contribution in [0.5, 0.6) is 0 Å². The normalized spacial score (nSPS) is 13.8. The van der Waals surface area contributed by atoms with E-state index in [1.807, 2.05) is 6.20 Å². The maximum atomic E-state index is 5.86. The van der Waals surface area contributed by atoms with Gasteiger partial charge >= 0.3 is 0 Å². The lowest BCUT2D eigenvalue weighted by Crippen LogP contribution is -2.28. The lowest BCUT2D eigenvalue weighted by molar-refractivity contribution is 0.487. The van der Waals surface area contributed by atoms with Gasteiger partial charge in [0, 0.05) is 24.4 Å². The maximum Gasteiger partial charge on any atom is 0.0921 e. The molecule has 1 heterocycles. The van der Waals surface area contributed by atoms with Crippen LogP contribution in [0.15, 0.2) is 12.5 Å². The number of nitrogens with two attached hydrogens (primary N) is 1. The van der Waals surface area contributed by atoms with Crippen molar-refractivity contribution in [3.63, 3.8) is 0 Å². The topological polar surface area (TPSA) is 54.7 Å². The SMILES string of the molecule is CC(C)[C@@H](N)Cc1cnc[nH]1. The van der Waals surface area contributed by atoms with Gasteiger partial charge < -0.3 is 10.7 Å². The number of hydrogen-bond acceptors (Lipinski definition) is 2. The highest BCUT2D eigenvalue weighted by Crippen LogP contribution is 2.04. The highest BCUT2D eigenvalue weighted by Gasteiger charge is 2.08. The number of nitrogens with one attached hydrogen (secondary N) is 1. The minimum absolute atomic E-state index is 0.232. The second kappa shape index (κ2) is 3.53. The molecular weight excluding hydrogens is 138 g/mol. The minimum Gasteiger partial charge on any atom is -0.348 e. The van der Waals surface area contributed by atoms with Crippen LogP contribution in [0.2, 0.25) is 0 Å². The predicted molar refractivity (Wildman–Crippen MR) is 45.1 cm³/mol. The van der Waals surface area contributed by atoms with E-state index in [9.17, 15) is 0 Å². The van der Waals surface area contributed by atoms with Crippen LogP contribution in [-0.4, -0.2) is 16.0 Å². The van der Waals surface area contributed by atoms with Crippen molar-refractivity contribution >= 4 is 0 Å². The fourth-order valence-electron chi connectivity index (χ4n) is 0.886. The van der Waals surface area contributed by atoms with Gasteiger partial charge in [-0.25, -0.2) is 4.98 Å². The van der Waals surface area contributed by atoms with Crippen molar-refractivity contribution in [3.05, 3.63) is 18.2 Å². The van der Waals surface area contributed by atoms with Crippen molar-refractivity contribution in [2.45, 2.75) is 26.3 Å². The summed E-state index contributed by atoms with van der Waals surface area (Å²) < 4.78 is 0. The third kappa shape index (κ3) is 2.35. The molecule has 0 aliphatic carbocycles. The Morgan fingerprint density at radius 2 is 2.36 bits per heavy atom. The van der Waals surface area contributed by atoms with E-state index in [0.717, 1.165) is 12.1 Å². The zero-order valence-electron chi connectivity index (χ0n) is 7.04. The number of H-pyrrole nitrogens is 1. The molecule has 0 amide bonds. The Morgan fingerprint density at radius 3 is 2.82 bits per heavy atom. The summed E-state index contributed by atoms with van der Waals surface area (Å²) in [6, 6.07) is 0.232. The first-order valence-electron chi connectivity index (χ1n) is 3.93. The van der Waals surface area contributed by atoms with Crippen LogP contribution >= 0.6 is 0 Å². The lowest BCUT2D eigenvalue weighted by Gasteiger charge is -2.13. The molecule has 0 saturated heterocycles. The van der Waals surface area contributed by atoms with Crippen molar-refractivity contribution in [2.75, 3.05) is 0 Å². The molecule has 0 saturated carbocycles. The van der Waals surface area contributed by atoms with Gasteiger partial charge in [-0.2, -0.15) is 0 Å². The van der Waals surface area contributed by atoms with E-state index in [1.165, 1.54) is 0 Å². The number of rotatable bonds is 3. The number of aromatic amines is 1. The quantitative estimate of drug-likeness (QED) is 0.679. The van der Waals surface area contributed by atoms with Crippen molar-refractivity contribution in [2.24, 2.45) is 11.7 Å². The summed E-state index contributed by atoms with van der Waals surface area (Å²) in [5, 5.41) is 0. The lowest BCUT2D eigenvalue weighted by atomic mass is 10.0.